The number of amides is 2. The number of aromatic amines is 1. The van der Waals surface area contributed by atoms with Crippen molar-refractivity contribution in [3.05, 3.63) is 62.3 Å². The summed E-state index contributed by atoms with van der Waals surface area (Å²) in [7, 11) is 0. The predicted octanol–water partition coefficient (Wildman–Crippen LogP) is 2.71. The Balaban J connectivity index is 1.50. The predicted molar refractivity (Wildman–Crippen MR) is 123 cm³/mol. The highest BCUT2D eigenvalue weighted by Crippen LogP contribution is 2.24. The first-order valence-corrected chi connectivity index (χ1v) is 11.6. The summed E-state index contributed by atoms with van der Waals surface area (Å²) in [6.07, 6.45) is 3.99. The lowest BCUT2D eigenvalue weighted by Gasteiger charge is -2.37. The van der Waals surface area contributed by atoms with Crippen LogP contribution in [0.2, 0.25) is 0 Å². The maximum absolute atomic E-state index is 14.6. The normalized spacial score (nSPS) is 16.5. The van der Waals surface area contributed by atoms with Crippen LogP contribution in [0.1, 0.15) is 66.4 Å². The molecule has 2 aromatic rings. The number of fused-ring (bicyclic) bond motifs is 1. The van der Waals surface area contributed by atoms with E-state index in [4.69, 9.17) is 0 Å². The molecule has 2 amide bonds. The van der Waals surface area contributed by atoms with Gasteiger partial charge in [0.2, 0.25) is 5.91 Å². The minimum atomic E-state index is -0.562. The third-order valence-corrected chi connectivity index (χ3v) is 6.51. The molecule has 1 aromatic carbocycles. The molecule has 176 valence electrons. The van der Waals surface area contributed by atoms with E-state index in [1.165, 1.54) is 6.07 Å². The zero-order chi connectivity index (χ0) is 23.8. The second kappa shape index (κ2) is 9.08. The van der Waals surface area contributed by atoms with E-state index in [1.807, 2.05) is 20.8 Å². The average Bonchev–Trinajstić information content (AvgIpc) is 2.81. The Morgan fingerprint density at radius 1 is 1.03 bits per heavy atom. The highest BCUT2D eigenvalue weighted by Gasteiger charge is 2.31. The Bertz CT molecular complexity index is 1130. The second-order valence-corrected chi connectivity index (χ2v) is 9.99. The zero-order valence-electron chi connectivity index (χ0n) is 19.5. The third kappa shape index (κ3) is 4.84. The second-order valence-electron chi connectivity index (χ2n) is 9.99. The minimum Gasteiger partial charge on any atom is -0.339 e. The van der Waals surface area contributed by atoms with Gasteiger partial charge in [-0.05, 0) is 48.9 Å². The molecule has 33 heavy (non-hydrogen) atoms. The Labute approximate surface area is 193 Å². The molecule has 0 bridgehead atoms. The number of aromatic nitrogens is 2. The number of H-pyrrole nitrogens is 1. The van der Waals surface area contributed by atoms with Crippen LogP contribution in [0.25, 0.3) is 0 Å². The molecule has 7 nitrogen and oxygen atoms in total. The van der Waals surface area contributed by atoms with Crippen molar-refractivity contribution in [3.63, 3.8) is 0 Å². The van der Waals surface area contributed by atoms with Gasteiger partial charge in [-0.1, -0.05) is 26.8 Å². The van der Waals surface area contributed by atoms with Crippen LogP contribution in [0, 0.1) is 11.2 Å². The van der Waals surface area contributed by atoms with Gasteiger partial charge in [0, 0.05) is 43.6 Å². The molecule has 2 heterocycles. The standard InChI is InChI=1S/C25H31FN4O3/c1-25(2,3)24(33)30-12-10-29(11-13-30)23(32)19-14-16(8-9-20(19)26)15-21-17-6-4-5-7-18(17)22(31)28-27-21/h8-9,14H,4-7,10-13,15H2,1-3H3,(H,28,31). The topological polar surface area (TPSA) is 86.4 Å². The van der Waals surface area contributed by atoms with Crippen LogP contribution in [0.5, 0.6) is 0 Å². The number of hydrogen-bond donors (Lipinski definition) is 1. The van der Waals surface area contributed by atoms with Gasteiger partial charge in [0.1, 0.15) is 5.82 Å². The number of halogens is 1. The van der Waals surface area contributed by atoms with Crippen molar-refractivity contribution < 1.29 is 14.0 Å². The van der Waals surface area contributed by atoms with E-state index in [2.05, 4.69) is 10.2 Å². The first kappa shape index (κ1) is 23.1. The Kier molecular flexibility index (Phi) is 6.36. The summed E-state index contributed by atoms with van der Waals surface area (Å²) in [6, 6.07) is 4.57. The van der Waals surface area contributed by atoms with Crippen LogP contribution >= 0.6 is 0 Å². The summed E-state index contributed by atoms with van der Waals surface area (Å²) >= 11 is 0. The van der Waals surface area contributed by atoms with Gasteiger partial charge in [0.15, 0.2) is 0 Å². The number of benzene rings is 1. The number of carbonyl (C=O) groups excluding carboxylic acids is 2. The summed E-state index contributed by atoms with van der Waals surface area (Å²) in [5.74, 6) is -0.874. The van der Waals surface area contributed by atoms with Gasteiger partial charge in [-0.25, -0.2) is 9.49 Å². The number of nitrogens with zero attached hydrogens (tertiary/aromatic N) is 3. The molecule has 0 radical (unpaired) electrons. The van der Waals surface area contributed by atoms with E-state index >= 15 is 0 Å². The van der Waals surface area contributed by atoms with E-state index in [-0.39, 0.29) is 22.9 Å². The lowest BCUT2D eigenvalue weighted by Crippen LogP contribution is -2.53. The summed E-state index contributed by atoms with van der Waals surface area (Å²) in [5, 5.41) is 6.84. The quantitative estimate of drug-likeness (QED) is 0.773. The molecule has 1 fully saturated rings. The van der Waals surface area contributed by atoms with Crippen molar-refractivity contribution in [2.45, 2.75) is 52.9 Å². The van der Waals surface area contributed by atoms with Crippen molar-refractivity contribution in [1.29, 1.82) is 0 Å². The van der Waals surface area contributed by atoms with Gasteiger partial charge >= 0.3 is 0 Å². The summed E-state index contributed by atoms with van der Waals surface area (Å²) in [6.45, 7) is 7.26. The summed E-state index contributed by atoms with van der Waals surface area (Å²) in [4.78, 5) is 41.1. The number of rotatable bonds is 3. The van der Waals surface area contributed by atoms with Gasteiger partial charge < -0.3 is 9.80 Å². The van der Waals surface area contributed by atoms with E-state index in [0.29, 0.717) is 32.6 Å². The first-order valence-electron chi connectivity index (χ1n) is 11.6. The van der Waals surface area contributed by atoms with E-state index in [9.17, 15) is 18.8 Å². The van der Waals surface area contributed by atoms with Crippen molar-refractivity contribution in [3.8, 4) is 0 Å². The van der Waals surface area contributed by atoms with Crippen molar-refractivity contribution in [2.75, 3.05) is 26.2 Å². The SMILES string of the molecule is CC(C)(C)C(=O)N1CCN(C(=O)c2cc(Cc3n[nH]c(=O)c4c3CCCC4)ccc2F)CC1. The molecule has 0 spiro atoms. The molecule has 0 atom stereocenters. The summed E-state index contributed by atoms with van der Waals surface area (Å²) in [5.41, 5.74) is 2.77. The molecule has 1 aliphatic heterocycles. The fourth-order valence-corrected chi connectivity index (χ4v) is 4.67. The van der Waals surface area contributed by atoms with Crippen molar-refractivity contribution >= 4 is 11.8 Å². The van der Waals surface area contributed by atoms with Crippen LogP contribution in [0.4, 0.5) is 4.39 Å². The zero-order valence-corrected chi connectivity index (χ0v) is 19.5. The molecule has 4 rings (SSSR count). The summed E-state index contributed by atoms with van der Waals surface area (Å²) < 4.78 is 14.6. The van der Waals surface area contributed by atoms with E-state index < -0.39 is 11.2 Å². The van der Waals surface area contributed by atoms with Gasteiger partial charge in [-0.15, -0.1) is 0 Å². The van der Waals surface area contributed by atoms with Crippen LogP contribution in [0.15, 0.2) is 23.0 Å². The molecule has 2 aliphatic rings. The van der Waals surface area contributed by atoms with Crippen molar-refractivity contribution in [1.82, 2.24) is 20.0 Å². The van der Waals surface area contributed by atoms with Gasteiger partial charge in [-0.2, -0.15) is 5.10 Å². The largest absolute Gasteiger partial charge is 0.339 e. The number of hydrogen-bond acceptors (Lipinski definition) is 4. The molecule has 0 saturated carbocycles. The maximum atomic E-state index is 14.6. The lowest BCUT2D eigenvalue weighted by atomic mass is 9.90. The third-order valence-electron chi connectivity index (χ3n) is 6.51. The van der Waals surface area contributed by atoms with Crippen LogP contribution in [-0.4, -0.2) is 58.0 Å². The Morgan fingerprint density at radius 3 is 2.33 bits per heavy atom. The molecule has 1 N–H and O–H groups in total. The minimum absolute atomic E-state index is 0.0291. The van der Waals surface area contributed by atoms with Gasteiger partial charge in [-0.3, -0.25) is 14.4 Å². The fraction of sp³-hybridized carbons (Fsp3) is 0.520. The van der Waals surface area contributed by atoms with Crippen LogP contribution in [-0.2, 0) is 24.1 Å². The maximum Gasteiger partial charge on any atom is 0.267 e. The Morgan fingerprint density at radius 2 is 1.67 bits per heavy atom. The lowest BCUT2D eigenvalue weighted by molar-refractivity contribution is -0.140. The van der Waals surface area contributed by atoms with E-state index in [1.54, 1.807) is 21.9 Å². The molecular formula is C25H31FN4O3. The number of piperazine rings is 1. The highest BCUT2D eigenvalue weighted by molar-refractivity contribution is 5.95. The van der Waals surface area contributed by atoms with Crippen LogP contribution < -0.4 is 5.56 Å². The number of carbonyl (C=O) groups is 2. The monoisotopic (exact) mass is 454 g/mol. The fourth-order valence-electron chi connectivity index (χ4n) is 4.67. The highest BCUT2D eigenvalue weighted by atomic mass is 19.1. The average molecular weight is 455 g/mol. The molecule has 0 unspecified atom stereocenters. The van der Waals surface area contributed by atoms with Crippen LogP contribution in [0.3, 0.4) is 0 Å². The van der Waals surface area contributed by atoms with E-state index in [0.717, 1.165) is 48.1 Å². The first-order chi connectivity index (χ1) is 15.6. The number of nitrogens with one attached hydrogen (secondary N) is 1. The molecule has 8 heteroatoms. The van der Waals surface area contributed by atoms with Crippen molar-refractivity contribution in [2.24, 2.45) is 5.41 Å². The smallest absolute Gasteiger partial charge is 0.267 e. The molecule has 1 aliphatic carbocycles. The van der Waals surface area contributed by atoms with Gasteiger partial charge in [0.25, 0.3) is 11.5 Å². The van der Waals surface area contributed by atoms with Gasteiger partial charge in [0.05, 0.1) is 11.3 Å². The molecule has 1 aromatic heterocycles. The molecule has 1 saturated heterocycles. The molecular weight excluding hydrogens is 423 g/mol. The Hall–Kier alpha value is -3.03.